The summed E-state index contributed by atoms with van der Waals surface area (Å²) >= 11 is 0. The van der Waals surface area contributed by atoms with Crippen molar-refractivity contribution in [2.24, 2.45) is 0 Å². The molecule has 0 unspecified atom stereocenters. The van der Waals surface area contributed by atoms with Crippen LogP contribution in [0.3, 0.4) is 0 Å². The smallest absolute Gasteiger partial charge is 0.179 e. The Balaban J connectivity index is 1.24. The molecule has 0 aliphatic carbocycles. The van der Waals surface area contributed by atoms with Gasteiger partial charge in [-0.25, -0.2) is 4.98 Å². The van der Waals surface area contributed by atoms with Gasteiger partial charge in [0.05, 0.1) is 29.1 Å². The van der Waals surface area contributed by atoms with E-state index in [1.807, 2.05) is 36.5 Å². The first-order valence-corrected chi connectivity index (χ1v) is 20.3. The van der Waals surface area contributed by atoms with Crippen molar-refractivity contribution in [3.05, 3.63) is 200 Å². The molecule has 0 atom stereocenters. The van der Waals surface area contributed by atoms with Crippen molar-refractivity contribution in [2.75, 3.05) is 23.4 Å². The first kappa shape index (κ1) is 28.8. The summed E-state index contributed by atoms with van der Waals surface area (Å²) in [6.07, 6.45) is 1.91. The predicted octanol–water partition coefficient (Wildman–Crippen LogP) is 8.77. The Kier molecular flexibility index (Phi) is 6.98. The van der Waals surface area contributed by atoms with Gasteiger partial charge >= 0.3 is 0 Å². The highest BCUT2D eigenvalue weighted by Crippen LogP contribution is 2.39. The summed E-state index contributed by atoms with van der Waals surface area (Å²) in [5.41, 5.74) is 6.99. The van der Waals surface area contributed by atoms with Gasteiger partial charge in [0.25, 0.3) is 0 Å². The Morgan fingerprint density at radius 2 is 1.13 bits per heavy atom. The van der Waals surface area contributed by atoms with Crippen LogP contribution in [0, 0.1) is 0 Å². The Bertz CT molecular complexity index is 2850. The maximum Gasteiger partial charge on any atom is 0.179 e. The molecule has 10 rings (SSSR count). The average molecular weight is 714 g/mol. The molecular weight excluding hydrogens is 673 g/mol. The van der Waals surface area contributed by atoms with Gasteiger partial charge in [-0.2, -0.15) is 0 Å². The SMILES string of the molecule is [2H]C([2H])([2H])N1CN(c2cccc([Si](c3ccccc3)(c3ccccc3)c3ccc4c5ccccc5n(-c5cc(-c6ccccc6)ccn5)c4c3)c2)c2ccccc21. The average Bonchev–Trinajstić information content (AvgIpc) is 3.82. The highest BCUT2D eigenvalue weighted by atomic mass is 28.3. The molecule has 2 aromatic heterocycles. The van der Waals surface area contributed by atoms with E-state index in [1.165, 1.54) is 31.0 Å². The molecule has 9 aromatic rings. The summed E-state index contributed by atoms with van der Waals surface area (Å²) in [6.45, 7) is -2.05. The molecule has 0 radical (unpaired) electrons. The monoisotopic (exact) mass is 713 g/mol. The van der Waals surface area contributed by atoms with E-state index in [0.29, 0.717) is 5.69 Å². The summed E-state index contributed by atoms with van der Waals surface area (Å²) in [5, 5.41) is 7.28. The number of pyridine rings is 1. The zero-order chi connectivity index (χ0) is 38.6. The van der Waals surface area contributed by atoms with Crippen molar-refractivity contribution < 1.29 is 4.11 Å². The van der Waals surface area contributed by atoms with Gasteiger partial charge in [-0.3, -0.25) is 4.57 Å². The lowest BCUT2D eigenvalue weighted by Crippen LogP contribution is -2.74. The van der Waals surface area contributed by atoms with E-state index in [4.69, 9.17) is 9.10 Å². The van der Waals surface area contributed by atoms with Gasteiger partial charge in [-0.15, -0.1) is 0 Å². The summed E-state index contributed by atoms with van der Waals surface area (Å²) < 4.78 is 27.4. The van der Waals surface area contributed by atoms with Crippen LogP contribution in [0.2, 0.25) is 0 Å². The predicted molar refractivity (Wildman–Crippen MR) is 229 cm³/mol. The lowest BCUT2D eigenvalue weighted by molar-refractivity contribution is 0.950. The molecule has 0 saturated carbocycles. The molecule has 0 fully saturated rings. The number of fused-ring (bicyclic) bond motifs is 4. The topological polar surface area (TPSA) is 24.3 Å². The van der Waals surface area contributed by atoms with E-state index in [1.54, 1.807) is 0 Å². The van der Waals surface area contributed by atoms with Crippen molar-refractivity contribution >= 4 is 67.7 Å². The third-order valence-electron chi connectivity index (χ3n) is 10.9. The standard InChI is InChI=1S/C49H38N4Si/c1-51-35-52(47-27-14-13-26-46(47)51)38-18-15-23-41(33-38)54(39-19-7-3-8-20-39,40-21-9-4-10-22-40)42-28-29-44-43-24-11-12-25-45(43)53(48(44)34-42)49-32-37(30-31-50-49)36-16-5-2-6-17-36/h2-34H,35H2,1H3/i1D3. The highest BCUT2D eigenvalue weighted by Gasteiger charge is 2.42. The number of anilines is 3. The van der Waals surface area contributed by atoms with E-state index >= 15 is 0 Å². The van der Waals surface area contributed by atoms with Crippen molar-refractivity contribution in [2.45, 2.75) is 0 Å². The van der Waals surface area contributed by atoms with E-state index < -0.39 is 15.0 Å². The van der Waals surface area contributed by atoms with Crippen molar-refractivity contribution in [3.8, 4) is 16.9 Å². The number of benzene rings is 7. The Morgan fingerprint density at radius 3 is 1.89 bits per heavy atom. The second kappa shape index (κ2) is 13.1. The summed E-state index contributed by atoms with van der Waals surface area (Å²) in [5.74, 6) is 0.861. The van der Waals surface area contributed by atoms with Crippen LogP contribution in [-0.2, 0) is 0 Å². The third-order valence-corrected chi connectivity index (χ3v) is 15.7. The summed E-state index contributed by atoms with van der Waals surface area (Å²) in [7, 11) is -3.07. The summed E-state index contributed by atoms with van der Waals surface area (Å²) in [6, 6.07) is 68.8. The van der Waals surface area contributed by atoms with Crippen LogP contribution in [0.5, 0.6) is 0 Å². The fourth-order valence-corrected chi connectivity index (χ4v) is 13.3. The van der Waals surface area contributed by atoms with Crippen LogP contribution in [0.15, 0.2) is 200 Å². The minimum Gasteiger partial charge on any atom is -0.355 e. The maximum atomic E-state index is 8.37. The van der Waals surface area contributed by atoms with Gasteiger partial charge < -0.3 is 9.80 Å². The molecule has 0 spiro atoms. The van der Waals surface area contributed by atoms with Gasteiger partial charge in [0, 0.05) is 33.7 Å². The lowest BCUT2D eigenvalue weighted by Gasteiger charge is -2.35. The molecule has 54 heavy (non-hydrogen) atoms. The van der Waals surface area contributed by atoms with Crippen LogP contribution in [0.25, 0.3) is 38.8 Å². The number of rotatable bonds is 7. The normalized spacial score (nSPS) is 13.8. The third kappa shape index (κ3) is 5.08. The second-order valence-electron chi connectivity index (χ2n) is 13.9. The van der Waals surface area contributed by atoms with Crippen molar-refractivity contribution in [3.63, 3.8) is 0 Å². The van der Waals surface area contributed by atoms with Crippen LogP contribution < -0.4 is 30.5 Å². The molecule has 0 saturated heterocycles. The molecule has 0 amide bonds. The highest BCUT2D eigenvalue weighted by molar-refractivity contribution is 7.20. The molecule has 1 aliphatic heterocycles. The number of nitrogens with zero attached hydrogens (tertiary/aromatic N) is 4. The van der Waals surface area contributed by atoms with E-state index in [2.05, 4.69) is 173 Å². The zero-order valence-corrected chi connectivity index (χ0v) is 30.5. The molecule has 4 nitrogen and oxygen atoms in total. The molecule has 5 heteroatoms. The lowest BCUT2D eigenvalue weighted by atomic mass is 10.1. The number of aromatic nitrogens is 2. The van der Waals surface area contributed by atoms with Crippen LogP contribution >= 0.6 is 0 Å². The first-order valence-electron chi connectivity index (χ1n) is 19.8. The molecule has 258 valence electrons. The molecular formula is C49H38N4Si. The number of para-hydroxylation sites is 3. The fourth-order valence-electron chi connectivity index (χ4n) is 8.52. The van der Waals surface area contributed by atoms with Gasteiger partial charge in [0.2, 0.25) is 0 Å². The number of hydrogen-bond acceptors (Lipinski definition) is 3. The van der Waals surface area contributed by atoms with Gasteiger partial charge in [-0.1, -0.05) is 146 Å². The van der Waals surface area contributed by atoms with E-state index in [-0.39, 0.29) is 6.67 Å². The first-order chi connectivity index (χ1) is 27.9. The van der Waals surface area contributed by atoms with E-state index in [0.717, 1.165) is 44.7 Å². The van der Waals surface area contributed by atoms with Crippen LogP contribution in [-0.4, -0.2) is 31.3 Å². The Hall–Kier alpha value is -6.69. The minimum atomic E-state index is -3.07. The second-order valence-corrected chi connectivity index (χ2v) is 17.7. The maximum absolute atomic E-state index is 8.37. The molecule has 0 N–H and O–H groups in total. The van der Waals surface area contributed by atoms with Gasteiger partial charge in [0.15, 0.2) is 8.07 Å². The zero-order valence-electron chi connectivity index (χ0n) is 32.5. The Labute approximate surface area is 321 Å². The van der Waals surface area contributed by atoms with Crippen molar-refractivity contribution in [1.82, 2.24) is 9.55 Å². The largest absolute Gasteiger partial charge is 0.355 e. The van der Waals surface area contributed by atoms with Crippen LogP contribution in [0.4, 0.5) is 17.1 Å². The Morgan fingerprint density at radius 1 is 0.500 bits per heavy atom. The van der Waals surface area contributed by atoms with Crippen LogP contribution in [0.1, 0.15) is 4.11 Å². The van der Waals surface area contributed by atoms with Gasteiger partial charge in [-0.05, 0) is 80.4 Å². The van der Waals surface area contributed by atoms with E-state index in [9.17, 15) is 0 Å². The fraction of sp³-hybridized carbons (Fsp3) is 0.0408. The number of hydrogen-bond donors (Lipinski definition) is 0. The molecule has 0 bridgehead atoms. The van der Waals surface area contributed by atoms with Gasteiger partial charge in [0.1, 0.15) is 5.82 Å². The molecule has 3 heterocycles. The van der Waals surface area contributed by atoms with Crippen molar-refractivity contribution in [1.29, 1.82) is 0 Å². The summed E-state index contributed by atoms with van der Waals surface area (Å²) in [4.78, 5) is 8.64. The quantitative estimate of drug-likeness (QED) is 0.122. The minimum absolute atomic E-state index is 0.228. The molecule has 1 aliphatic rings. The molecule has 7 aromatic carbocycles.